The van der Waals surface area contributed by atoms with Crippen molar-refractivity contribution >= 4 is 43.6 Å². The molecule has 0 aromatic heterocycles. The number of nitrogens with two attached hydrogens (primary N) is 1. The molecule has 0 amide bonds. The number of halogens is 1. The summed E-state index contributed by atoms with van der Waals surface area (Å²) in [6.07, 6.45) is 0. The van der Waals surface area contributed by atoms with Gasteiger partial charge in [0.05, 0.1) is 0 Å². The molecular weight excluding hydrogens is 341 g/mol. The number of hydrogen-bond donors (Lipinski definition) is 1. The Bertz CT molecular complexity index is 551. The van der Waals surface area contributed by atoms with Gasteiger partial charge < -0.3 is 5.73 Å². The fourth-order valence-electron chi connectivity index (χ4n) is 1.47. The molecule has 0 atom stereocenters. The largest absolute Gasteiger partial charge is 0.398 e. The van der Waals surface area contributed by atoms with Crippen molar-refractivity contribution < 1.29 is 0 Å². The number of para-hydroxylation sites is 1. The fourth-order valence-corrected chi connectivity index (χ4v) is 3.14. The molecule has 2 aromatic carbocycles. The van der Waals surface area contributed by atoms with Crippen LogP contribution < -0.4 is 5.73 Å². The first-order valence-corrected chi connectivity index (χ1v) is 7.04. The summed E-state index contributed by atoms with van der Waals surface area (Å²) < 4.78 is 1.04. The minimum absolute atomic E-state index is 0.811. The van der Waals surface area contributed by atoms with Crippen LogP contribution in [0.1, 0.15) is 5.56 Å². The molecule has 3 heteroatoms. The van der Waals surface area contributed by atoms with Gasteiger partial charge in [-0.15, -0.1) is 0 Å². The first kappa shape index (κ1) is 12.5. The predicted octanol–water partition coefficient (Wildman–Crippen LogP) is 4.83. The molecule has 2 aromatic rings. The average Bonchev–Trinajstić information content (AvgIpc) is 2.32. The van der Waals surface area contributed by atoms with E-state index in [2.05, 4.69) is 41.3 Å². The van der Waals surface area contributed by atoms with Gasteiger partial charge in [-0.25, -0.2) is 0 Å². The van der Waals surface area contributed by atoms with Crippen molar-refractivity contribution in [2.75, 3.05) is 5.73 Å². The van der Waals surface area contributed by atoms with Crippen LogP contribution >= 0.6 is 34.4 Å². The van der Waals surface area contributed by atoms with Gasteiger partial charge >= 0.3 is 0 Å². The summed E-state index contributed by atoms with van der Waals surface area (Å²) in [5, 5.41) is 0. The maximum atomic E-state index is 5.95. The Morgan fingerprint density at radius 3 is 2.24 bits per heavy atom. The molecule has 1 nitrogen and oxygen atoms in total. The number of hydrogen-bond acceptors (Lipinski definition) is 2. The second kappa shape index (κ2) is 5.60. The summed E-state index contributed by atoms with van der Waals surface area (Å²) >= 11 is 3.92. The molecule has 0 radical (unpaired) electrons. The smallest absolute Gasteiger partial charge is 0.0455 e. The minimum Gasteiger partial charge on any atom is -0.398 e. The molecule has 0 unspecified atom stereocenters. The Kier molecular flexibility index (Phi) is 4.12. The summed E-state index contributed by atoms with van der Waals surface area (Å²) in [5.74, 6) is 0. The van der Waals surface area contributed by atoms with Crippen molar-refractivity contribution in [1.82, 2.24) is 0 Å². The molecule has 2 N–H and O–H groups in total. The third-order valence-corrected chi connectivity index (χ3v) is 4.07. The van der Waals surface area contributed by atoms with Crippen LogP contribution in [-0.4, -0.2) is 0 Å². The zero-order valence-corrected chi connectivity index (χ0v) is 12.2. The average molecular weight is 353 g/mol. The molecule has 0 spiro atoms. The van der Waals surface area contributed by atoms with Crippen molar-refractivity contribution in [1.29, 1.82) is 0 Å². The molecular formula is C14H12INS. The molecule has 0 fully saturated rings. The Hall–Kier alpha value is -0.940. The first-order chi connectivity index (χ1) is 8.18. The van der Waals surface area contributed by atoms with Crippen LogP contribution in [0.4, 0.5) is 5.69 Å². The van der Waals surface area contributed by atoms with Crippen LogP contribution in [0.15, 0.2) is 64.9 Å². The summed E-state index contributed by atoms with van der Waals surface area (Å²) in [7, 11) is 0. The van der Waals surface area contributed by atoms with Crippen molar-refractivity contribution in [3.05, 3.63) is 60.7 Å². The number of rotatable bonds is 3. The van der Waals surface area contributed by atoms with Gasteiger partial charge in [0.1, 0.15) is 0 Å². The minimum atomic E-state index is 0.811. The summed E-state index contributed by atoms with van der Waals surface area (Å²) in [4.78, 5) is 2.27. The van der Waals surface area contributed by atoms with Crippen LogP contribution in [0.2, 0.25) is 0 Å². The van der Waals surface area contributed by atoms with Crippen LogP contribution in [-0.2, 0) is 0 Å². The summed E-state index contributed by atoms with van der Waals surface area (Å²) in [5.41, 5.74) is 7.93. The first-order valence-electron chi connectivity index (χ1n) is 5.14. The Morgan fingerprint density at radius 1 is 1.00 bits per heavy atom. The SMILES string of the molecule is C=C(I)c1ccccc1Sc1ccccc1N. The Morgan fingerprint density at radius 2 is 1.59 bits per heavy atom. The van der Waals surface area contributed by atoms with Gasteiger partial charge in [-0.1, -0.05) is 48.7 Å². The fraction of sp³-hybridized carbons (Fsp3) is 0. The molecule has 0 aliphatic carbocycles. The standard InChI is InChI=1S/C14H12INS/c1-10(15)11-6-2-4-8-13(11)17-14-9-5-3-7-12(14)16/h2-9H,1,16H2. The lowest BCUT2D eigenvalue weighted by Crippen LogP contribution is -1.88. The van der Waals surface area contributed by atoms with Crippen molar-refractivity contribution in [2.24, 2.45) is 0 Å². The normalized spacial score (nSPS) is 10.2. The maximum absolute atomic E-state index is 5.95. The van der Waals surface area contributed by atoms with E-state index in [1.807, 2.05) is 36.4 Å². The number of nitrogen functional groups attached to an aromatic ring is 1. The van der Waals surface area contributed by atoms with Crippen LogP contribution in [0.5, 0.6) is 0 Å². The molecule has 86 valence electrons. The molecule has 17 heavy (non-hydrogen) atoms. The molecule has 2 rings (SSSR count). The topological polar surface area (TPSA) is 26.0 Å². The van der Waals surface area contributed by atoms with Crippen LogP contribution in [0.25, 0.3) is 3.58 Å². The van der Waals surface area contributed by atoms with E-state index in [4.69, 9.17) is 5.73 Å². The highest BCUT2D eigenvalue weighted by molar-refractivity contribution is 14.1. The van der Waals surface area contributed by atoms with E-state index in [0.29, 0.717) is 0 Å². The maximum Gasteiger partial charge on any atom is 0.0455 e. The van der Waals surface area contributed by atoms with E-state index < -0.39 is 0 Å². The van der Waals surface area contributed by atoms with E-state index in [-0.39, 0.29) is 0 Å². The Labute approximate surface area is 119 Å². The monoisotopic (exact) mass is 353 g/mol. The van der Waals surface area contributed by atoms with Gasteiger partial charge in [0.25, 0.3) is 0 Å². The van der Waals surface area contributed by atoms with Crippen LogP contribution in [0, 0.1) is 0 Å². The van der Waals surface area contributed by atoms with E-state index in [9.17, 15) is 0 Å². The van der Waals surface area contributed by atoms with E-state index in [1.165, 1.54) is 10.5 Å². The lowest BCUT2D eigenvalue weighted by Gasteiger charge is -2.09. The second-order valence-electron chi connectivity index (χ2n) is 3.54. The molecule has 0 heterocycles. The number of benzene rings is 2. The van der Waals surface area contributed by atoms with Crippen LogP contribution in [0.3, 0.4) is 0 Å². The Balaban J connectivity index is 2.37. The van der Waals surface area contributed by atoms with Crippen molar-refractivity contribution in [2.45, 2.75) is 9.79 Å². The quantitative estimate of drug-likeness (QED) is 0.632. The molecule has 0 bridgehead atoms. The van der Waals surface area contributed by atoms with Gasteiger partial charge in [0.2, 0.25) is 0 Å². The molecule has 0 saturated carbocycles. The van der Waals surface area contributed by atoms with Crippen molar-refractivity contribution in [3.63, 3.8) is 0 Å². The molecule has 0 aliphatic rings. The highest BCUT2D eigenvalue weighted by Crippen LogP contribution is 2.37. The van der Waals surface area contributed by atoms with Gasteiger partial charge in [0, 0.05) is 24.6 Å². The highest BCUT2D eigenvalue weighted by Gasteiger charge is 2.06. The van der Waals surface area contributed by atoms with E-state index in [1.54, 1.807) is 11.8 Å². The predicted molar refractivity (Wildman–Crippen MR) is 84.5 cm³/mol. The zero-order chi connectivity index (χ0) is 12.3. The second-order valence-corrected chi connectivity index (χ2v) is 5.93. The van der Waals surface area contributed by atoms with E-state index in [0.717, 1.165) is 14.2 Å². The lowest BCUT2D eigenvalue weighted by atomic mass is 10.2. The van der Waals surface area contributed by atoms with Gasteiger partial charge in [-0.05, 0) is 40.8 Å². The third kappa shape index (κ3) is 3.04. The molecule has 0 aliphatic heterocycles. The van der Waals surface area contributed by atoms with Crippen molar-refractivity contribution in [3.8, 4) is 0 Å². The third-order valence-electron chi connectivity index (χ3n) is 2.32. The van der Waals surface area contributed by atoms with Gasteiger partial charge in [-0.3, -0.25) is 0 Å². The van der Waals surface area contributed by atoms with Gasteiger partial charge in [-0.2, -0.15) is 0 Å². The zero-order valence-electron chi connectivity index (χ0n) is 9.19. The summed E-state index contributed by atoms with van der Waals surface area (Å²) in [6, 6.07) is 16.1. The van der Waals surface area contributed by atoms with Gasteiger partial charge in [0.15, 0.2) is 0 Å². The number of anilines is 1. The van der Waals surface area contributed by atoms with E-state index >= 15 is 0 Å². The lowest BCUT2D eigenvalue weighted by molar-refractivity contribution is 1.39. The highest BCUT2D eigenvalue weighted by atomic mass is 127. The summed E-state index contributed by atoms with van der Waals surface area (Å²) in [6.45, 7) is 3.99. The molecule has 0 saturated heterocycles.